The molecule has 20 heavy (non-hydrogen) atoms. The van der Waals surface area contributed by atoms with Crippen LogP contribution in [0, 0.1) is 0 Å². The van der Waals surface area contributed by atoms with E-state index in [1.807, 2.05) is 54.8 Å². The standard InChI is InChI=1S/C15H14BrNO2S/c1-20-13-7-5-10(6-8-13)14(15(18)19)17-12-4-2-3-11(16)9-12/h2-9,14,17H,1H3,(H,18,19). The lowest BCUT2D eigenvalue weighted by molar-refractivity contribution is -0.138. The topological polar surface area (TPSA) is 49.3 Å². The van der Waals surface area contributed by atoms with E-state index in [0.717, 1.165) is 20.6 Å². The third kappa shape index (κ3) is 3.77. The van der Waals surface area contributed by atoms with Gasteiger partial charge in [-0.2, -0.15) is 0 Å². The molecular formula is C15H14BrNO2S. The number of benzene rings is 2. The molecule has 1 unspecified atom stereocenters. The van der Waals surface area contributed by atoms with Crippen molar-refractivity contribution < 1.29 is 9.90 Å². The van der Waals surface area contributed by atoms with Gasteiger partial charge < -0.3 is 10.4 Å². The molecule has 0 bridgehead atoms. The smallest absolute Gasteiger partial charge is 0.330 e. The van der Waals surface area contributed by atoms with Gasteiger partial charge in [0.15, 0.2) is 6.04 Å². The van der Waals surface area contributed by atoms with Gasteiger partial charge in [-0.25, -0.2) is 4.79 Å². The summed E-state index contributed by atoms with van der Waals surface area (Å²) in [5, 5.41) is 12.4. The van der Waals surface area contributed by atoms with Gasteiger partial charge in [0.2, 0.25) is 0 Å². The highest BCUT2D eigenvalue weighted by molar-refractivity contribution is 9.10. The zero-order chi connectivity index (χ0) is 14.5. The second-order valence-corrected chi connectivity index (χ2v) is 5.99. The molecule has 2 N–H and O–H groups in total. The molecule has 2 aromatic rings. The van der Waals surface area contributed by atoms with E-state index < -0.39 is 12.0 Å². The van der Waals surface area contributed by atoms with Crippen LogP contribution in [0.4, 0.5) is 5.69 Å². The van der Waals surface area contributed by atoms with Crippen molar-refractivity contribution >= 4 is 39.3 Å². The van der Waals surface area contributed by atoms with E-state index in [1.165, 1.54) is 0 Å². The number of nitrogens with one attached hydrogen (secondary N) is 1. The van der Waals surface area contributed by atoms with Crippen molar-refractivity contribution in [1.82, 2.24) is 0 Å². The molecule has 0 heterocycles. The Morgan fingerprint density at radius 2 is 1.95 bits per heavy atom. The van der Waals surface area contributed by atoms with Crippen LogP contribution in [0.25, 0.3) is 0 Å². The van der Waals surface area contributed by atoms with Crippen LogP contribution in [0.5, 0.6) is 0 Å². The van der Waals surface area contributed by atoms with Gasteiger partial charge in [0.05, 0.1) is 0 Å². The summed E-state index contributed by atoms with van der Waals surface area (Å²) < 4.78 is 0.907. The number of rotatable bonds is 5. The lowest BCUT2D eigenvalue weighted by Crippen LogP contribution is -2.20. The zero-order valence-electron chi connectivity index (χ0n) is 10.8. The first-order valence-corrected chi connectivity index (χ1v) is 8.01. The Bertz CT molecular complexity index is 601. The van der Waals surface area contributed by atoms with E-state index in [-0.39, 0.29) is 0 Å². The van der Waals surface area contributed by atoms with E-state index in [2.05, 4.69) is 21.2 Å². The highest BCUT2D eigenvalue weighted by Gasteiger charge is 2.19. The number of carbonyl (C=O) groups is 1. The van der Waals surface area contributed by atoms with Crippen LogP contribution in [-0.2, 0) is 4.79 Å². The number of thioether (sulfide) groups is 1. The van der Waals surface area contributed by atoms with Crippen molar-refractivity contribution in [3.05, 3.63) is 58.6 Å². The van der Waals surface area contributed by atoms with E-state index in [9.17, 15) is 9.90 Å². The Balaban J connectivity index is 2.24. The average molecular weight is 352 g/mol. The second-order valence-electron chi connectivity index (χ2n) is 4.20. The van der Waals surface area contributed by atoms with Crippen LogP contribution in [0.15, 0.2) is 57.9 Å². The minimum absolute atomic E-state index is 0.732. The maximum absolute atomic E-state index is 11.5. The van der Waals surface area contributed by atoms with E-state index >= 15 is 0 Å². The molecule has 0 aromatic heterocycles. The van der Waals surface area contributed by atoms with Gasteiger partial charge in [0.1, 0.15) is 0 Å². The maximum atomic E-state index is 11.5. The highest BCUT2D eigenvalue weighted by Crippen LogP contribution is 2.24. The first-order chi connectivity index (χ1) is 9.60. The van der Waals surface area contributed by atoms with Gasteiger partial charge in [0, 0.05) is 15.1 Å². The van der Waals surface area contributed by atoms with Crippen molar-refractivity contribution in [3.63, 3.8) is 0 Å². The summed E-state index contributed by atoms with van der Waals surface area (Å²) in [6, 6.07) is 14.2. The van der Waals surface area contributed by atoms with Crippen LogP contribution in [0.3, 0.4) is 0 Å². The molecule has 0 fully saturated rings. The molecule has 0 spiro atoms. The highest BCUT2D eigenvalue weighted by atomic mass is 79.9. The van der Waals surface area contributed by atoms with E-state index in [1.54, 1.807) is 11.8 Å². The molecule has 2 rings (SSSR count). The normalized spacial score (nSPS) is 11.9. The van der Waals surface area contributed by atoms with Crippen LogP contribution < -0.4 is 5.32 Å². The lowest BCUT2D eigenvalue weighted by atomic mass is 10.1. The molecule has 0 saturated carbocycles. The molecule has 5 heteroatoms. The van der Waals surface area contributed by atoms with Gasteiger partial charge >= 0.3 is 5.97 Å². The molecule has 0 radical (unpaired) electrons. The van der Waals surface area contributed by atoms with E-state index in [0.29, 0.717) is 0 Å². The number of halogens is 1. The van der Waals surface area contributed by atoms with Gasteiger partial charge in [-0.3, -0.25) is 0 Å². The number of hydrogen-bond acceptors (Lipinski definition) is 3. The van der Waals surface area contributed by atoms with Gasteiger partial charge in [-0.15, -0.1) is 11.8 Å². The predicted octanol–water partition coefficient (Wildman–Crippen LogP) is 4.41. The summed E-state index contributed by atoms with van der Waals surface area (Å²) in [5.74, 6) is -0.901. The van der Waals surface area contributed by atoms with Crippen LogP contribution in [0.2, 0.25) is 0 Å². The number of carboxylic acid groups (broad SMARTS) is 1. The van der Waals surface area contributed by atoms with Gasteiger partial charge in [0.25, 0.3) is 0 Å². The Labute approximate surface area is 130 Å². The Morgan fingerprint density at radius 3 is 2.50 bits per heavy atom. The summed E-state index contributed by atoms with van der Waals surface area (Å²) in [6.45, 7) is 0. The first kappa shape index (κ1) is 14.9. The molecule has 0 aliphatic carbocycles. The number of carboxylic acids is 1. The molecule has 0 saturated heterocycles. The number of anilines is 1. The van der Waals surface area contributed by atoms with Crippen LogP contribution in [-0.4, -0.2) is 17.3 Å². The van der Waals surface area contributed by atoms with Crippen molar-refractivity contribution in [2.45, 2.75) is 10.9 Å². The minimum Gasteiger partial charge on any atom is -0.479 e. The van der Waals surface area contributed by atoms with Crippen molar-refractivity contribution in [2.24, 2.45) is 0 Å². The fourth-order valence-corrected chi connectivity index (χ4v) is 2.64. The summed E-state index contributed by atoms with van der Waals surface area (Å²) in [4.78, 5) is 12.6. The minimum atomic E-state index is -0.901. The van der Waals surface area contributed by atoms with Crippen molar-refractivity contribution in [1.29, 1.82) is 0 Å². The monoisotopic (exact) mass is 351 g/mol. The van der Waals surface area contributed by atoms with Gasteiger partial charge in [-0.1, -0.05) is 34.1 Å². The fraction of sp³-hybridized carbons (Fsp3) is 0.133. The molecule has 0 aliphatic rings. The largest absolute Gasteiger partial charge is 0.479 e. The maximum Gasteiger partial charge on any atom is 0.330 e. The predicted molar refractivity (Wildman–Crippen MR) is 86.4 cm³/mol. The summed E-state index contributed by atoms with van der Waals surface area (Å²) in [5.41, 5.74) is 1.50. The molecular weight excluding hydrogens is 338 g/mol. The SMILES string of the molecule is CSc1ccc(C(Nc2cccc(Br)c2)C(=O)O)cc1. The molecule has 1 atom stereocenters. The quantitative estimate of drug-likeness (QED) is 0.783. The average Bonchev–Trinajstić information content (AvgIpc) is 2.45. The van der Waals surface area contributed by atoms with Crippen LogP contribution in [0.1, 0.15) is 11.6 Å². The van der Waals surface area contributed by atoms with Crippen molar-refractivity contribution in [3.8, 4) is 0 Å². The lowest BCUT2D eigenvalue weighted by Gasteiger charge is -2.16. The molecule has 104 valence electrons. The zero-order valence-corrected chi connectivity index (χ0v) is 13.2. The second kappa shape index (κ2) is 6.81. The molecule has 0 aliphatic heterocycles. The Morgan fingerprint density at radius 1 is 1.25 bits per heavy atom. The molecule has 2 aromatic carbocycles. The van der Waals surface area contributed by atoms with Crippen LogP contribution >= 0.6 is 27.7 Å². The Hall–Kier alpha value is -1.46. The summed E-state index contributed by atoms with van der Waals surface area (Å²) in [6.07, 6.45) is 1.99. The summed E-state index contributed by atoms with van der Waals surface area (Å²) in [7, 11) is 0. The van der Waals surface area contributed by atoms with E-state index in [4.69, 9.17) is 0 Å². The first-order valence-electron chi connectivity index (χ1n) is 5.99. The van der Waals surface area contributed by atoms with Gasteiger partial charge in [-0.05, 0) is 42.2 Å². The third-order valence-electron chi connectivity index (χ3n) is 2.83. The number of aliphatic carboxylic acids is 1. The Kier molecular flexibility index (Phi) is 5.09. The fourth-order valence-electron chi connectivity index (χ4n) is 1.83. The third-order valence-corrected chi connectivity index (χ3v) is 4.07. The number of hydrogen-bond donors (Lipinski definition) is 2. The molecule has 3 nitrogen and oxygen atoms in total. The summed E-state index contributed by atoms with van der Waals surface area (Å²) >= 11 is 5.00. The van der Waals surface area contributed by atoms with Crippen molar-refractivity contribution in [2.75, 3.05) is 11.6 Å². The molecule has 0 amide bonds.